The van der Waals surface area contributed by atoms with Gasteiger partial charge < -0.3 is 20.5 Å². The van der Waals surface area contributed by atoms with Crippen LogP contribution < -0.4 is 15.4 Å². The molecule has 220 valence electrons. The summed E-state index contributed by atoms with van der Waals surface area (Å²) in [6.45, 7) is 0.716. The molecule has 0 saturated heterocycles. The lowest BCUT2D eigenvalue weighted by Gasteiger charge is -2.36. The van der Waals surface area contributed by atoms with Gasteiger partial charge in [0.15, 0.2) is 0 Å². The summed E-state index contributed by atoms with van der Waals surface area (Å²) in [7, 11) is 0. The van der Waals surface area contributed by atoms with Crippen LogP contribution in [0.1, 0.15) is 23.7 Å². The number of amides is 2. The van der Waals surface area contributed by atoms with Crippen LogP contribution in [0.4, 0.5) is 35.5 Å². The van der Waals surface area contributed by atoms with Crippen molar-refractivity contribution >= 4 is 23.6 Å². The zero-order valence-electron chi connectivity index (χ0n) is 20.9. The van der Waals surface area contributed by atoms with E-state index in [1.54, 1.807) is 35.6 Å². The van der Waals surface area contributed by atoms with Crippen molar-refractivity contribution in [2.45, 2.75) is 43.4 Å². The quantitative estimate of drug-likeness (QED) is 0.232. The Bertz CT molecular complexity index is 1380. The van der Waals surface area contributed by atoms with Crippen molar-refractivity contribution in [3.8, 4) is 5.75 Å². The van der Waals surface area contributed by atoms with Crippen LogP contribution >= 0.6 is 11.6 Å². The number of ether oxygens (including phenoxy) is 1. The number of hydrogen-bond donors (Lipinski definition) is 3. The lowest BCUT2D eigenvalue weighted by Crippen LogP contribution is -2.58. The van der Waals surface area contributed by atoms with Gasteiger partial charge in [0.1, 0.15) is 23.1 Å². The predicted octanol–water partition coefficient (Wildman–Crippen LogP) is 6.00. The number of aromatic nitrogens is 1. The maximum atomic E-state index is 14.8. The molecule has 3 N–H and O–H groups in total. The number of hydrogen-bond acceptors (Lipinski definition) is 4. The number of alkyl halides is 6. The molecule has 0 fully saturated rings. The van der Waals surface area contributed by atoms with Gasteiger partial charge in [-0.15, -0.1) is 0 Å². The average Bonchev–Trinajstić information content (AvgIpc) is 2.88. The second-order valence-electron chi connectivity index (χ2n) is 8.82. The first-order chi connectivity index (χ1) is 19.1. The van der Waals surface area contributed by atoms with E-state index in [1.807, 2.05) is 0 Å². The molecule has 2 unspecified atom stereocenters. The maximum absolute atomic E-state index is 14.8. The molecule has 15 heteroatoms. The van der Waals surface area contributed by atoms with Crippen LogP contribution in [0.15, 0.2) is 66.9 Å². The number of carbonyl (C=O) groups excluding carboxylic acids is 1. The lowest BCUT2D eigenvalue weighted by atomic mass is 9.80. The molecule has 0 aliphatic carbocycles. The predicted molar refractivity (Wildman–Crippen MR) is 132 cm³/mol. The Kier molecular flexibility index (Phi) is 9.36. The summed E-state index contributed by atoms with van der Waals surface area (Å²) in [5.74, 6) is -9.22. The Hall–Kier alpha value is -4.07. The van der Waals surface area contributed by atoms with E-state index >= 15 is 0 Å². The summed E-state index contributed by atoms with van der Waals surface area (Å²) < 4.78 is 100.0. The van der Waals surface area contributed by atoms with E-state index in [2.05, 4.69) is 15.0 Å². The first-order valence-corrected chi connectivity index (χ1v) is 12.0. The minimum Gasteiger partial charge on any atom is -0.477 e. The molecule has 0 saturated carbocycles. The molecule has 3 aromatic rings. The van der Waals surface area contributed by atoms with Crippen molar-refractivity contribution in [3.63, 3.8) is 0 Å². The van der Waals surface area contributed by atoms with Crippen LogP contribution in [0, 0.1) is 5.82 Å². The van der Waals surface area contributed by atoms with Crippen LogP contribution in [0.3, 0.4) is 0 Å². The van der Waals surface area contributed by atoms with Crippen molar-refractivity contribution in [1.82, 2.24) is 15.6 Å². The Morgan fingerprint density at radius 1 is 1.05 bits per heavy atom. The minimum absolute atomic E-state index is 0.112. The van der Waals surface area contributed by atoms with Crippen molar-refractivity contribution in [2.75, 3.05) is 0 Å². The summed E-state index contributed by atoms with van der Waals surface area (Å²) in [6.07, 6.45) is -8.50. The number of halogens is 8. The molecule has 0 spiro atoms. The third-order valence-corrected chi connectivity index (χ3v) is 6.08. The lowest BCUT2D eigenvalue weighted by molar-refractivity contribution is -0.253. The van der Waals surface area contributed by atoms with E-state index in [-0.39, 0.29) is 22.7 Å². The number of pyridine rings is 1. The fourth-order valence-corrected chi connectivity index (χ4v) is 3.94. The van der Waals surface area contributed by atoms with Gasteiger partial charge in [-0.25, -0.2) is 14.0 Å². The number of benzene rings is 2. The smallest absolute Gasteiger partial charge is 0.461 e. The van der Waals surface area contributed by atoms with Gasteiger partial charge in [-0.1, -0.05) is 41.9 Å². The van der Waals surface area contributed by atoms with Gasteiger partial charge in [0, 0.05) is 18.7 Å². The normalized spacial score (nSPS) is 14.2. The number of urea groups is 1. The molecular weight excluding hydrogens is 587 g/mol. The number of rotatable bonds is 11. The zero-order valence-corrected chi connectivity index (χ0v) is 21.6. The Morgan fingerprint density at radius 2 is 1.71 bits per heavy atom. The fraction of sp³-hybridized carbons (Fsp3) is 0.269. The van der Waals surface area contributed by atoms with Gasteiger partial charge in [0.05, 0.1) is 10.7 Å². The van der Waals surface area contributed by atoms with Gasteiger partial charge in [-0.05, 0) is 42.3 Å². The molecule has 0 aliphatic heterocycles. The van der Waals surface area contributed by atoms with Crippen molar-refractivity contribution in [2.24, 2.45) is 0 Å². The molecule has 41 heavy (non-hydrogen) atoms. The number of nitrogens with zero attached hydrogens (tertiary/aromatic N) is 1. The summed E-state index contributed by atoms with van der Waals surface area (Å²) in [4.78, 5) is 28.2. The van der Waals surface area contributed by atoms with E-state index in [1.165, 1.54) is 12.1 Å². The monoisotopic (exact) mass is 607 g/mol. The van der Waals surface area contributed by atoms with Gasteiger partial charge in [-0.2, -0.15) is 26.3 Å². The van der Waals surface area contributed by atoms with Gasteiger partial charge in [0.2, 0.25) is 0 Å². The first-order valence-electron chi connectivity index (χ1n) is 11.6. The highest BCUT2D eigenvalue weighted by Crippen LogP contribution is 2.37. The molecule has 1 aromatic heterocycles. The van der Waals surface area contributed by atoms with Crippen LogP contribution in [-0.4, -0.2) is 46.6 Å². The zero-order chi connectivity index (χ0) is 30.6. The Balaban J connectivity index is 2.22. The first kappa shape index (κ1) is 31.5. The van der Waals surface area contributed by atoms with Crippen LogP contribution in [0.25, 0.3) is 0 Å². The largest absolute Gasteiger partial charge is 0.477 e. The summed E-state index contributed by atoms with van der Waals surface area (Å²) in [5.41, 5.74) is -2.13. The third-order valence-electron chi connectivity index (χ3n) is 5.85. The van der Waals surface area contributed by atoms with Crippen LogP contribution in [-0.2, 0) is 16.8 Å². The topological polar surface area (TPSA) is 101 Å². The average molecular weight is 608 g/mol. The molecule has 0 radical (unpaired) electrons. The van der Waals surface area contributed by atoms with Crippen LogP contribution in [0.5, 0.6) is 5.75 Å². The highest BCUT2D eigenvalue weighted by Gasteiger charge is 2.47. The summed E-state index contributed by atoms with van der Waals surface area (Å²) >= 11 is 5.94. The minimum atomic E-state index is -5.02. The van der Waals surface area contributed by atoms with Crippen molar-refractivity contribution < 1.29 is 50.2 Å². The van der Waals surface area contributed by atoms with E-state index in [0.29, 0.717) is 18.6 Å². The standard InChI is InChI=1S/C26H21ClF7N3O4/c1-14(25(31,32)22(38)39)36-23(40)37-24(12-15-5-3-2-4-6-15,20-8-7-17(27)13-35-20)16-9-18(28)11-19(10-16)41-26(33,34)21(29)30/h2-11,13-14,21H,12H2,1H3,(H,38,39)(H2,36,37,40). The number of aliphatic carboxylic acids is 1. The highest BCUT2D eigenvalue weighted by atomic mass is 35.5. The molecule has 2 amide bonds. The van der Waals surface area contributed by atoms with E-state index < -0.39 is 53.6 Å². The second-order valence-corrected chi connectivity index (χ2v) is 9.25. The summed E-state index contributed by atoms with van der Waals surface area (Å²) in [6, 6.07) is 8.78. The van der Waals surface area contributed by atoms with Gasteiger partial charge >= 0.3 is 30.5 Å². The molecule has 7 nitrogen and oxygen atoms in total. The molecule has 1 heterocycles. The number of carboxylic acid groups (broad SMARTS) is 1. The number of carbonyl (C=O) groups is 2. The number of nitrogens with one attached hydrogen (secondary N) is 2. The summed E-state index contributed by atoms with van der Waals surface area (Å²) in [5, 5.41) is 13.1. The highest BCUT2D eigenvalue weighted by molar-refractivity contribution is 6.30. The number of carboxylic acids is 1. The van der Waals surface area contributed by atoms with E-state index in [4.69, 9.17) is 16.7 Å². The molecular formula is C26H21ClF7N3O4. The van der Waals surface area contributed by atoms with Crippen molar-refractivity contribution in [1.29, 1.82) is 0 Å². The fourth-order valence-electron chi connectivity index (χ4n) is 3.82. The second kappa shape index (κ2) is 12.2. The molecule has 0 aliphatic rings. The van der Waals surface area contributed by atoms with Crippen LogP contribution in [0.2, 0.25) is 5.02 Å². The van der Waals surface area contributed by atoms with E-state index in [9.17, 15) is 40.3 Å². The van der Waals surface area contributed by atoms with Gasteiger partial charge in [-0.3, -0.25) is 4.98 Å². The van der Waals surface area contributed by atoms with E-state index in [0.717, 1.165) is 18.3 Å². The third kappa shape index (κ3) is 7.37. The molecule has 2 aromatic carbocycles. The van der Waals surface area contributed by atoms with Gasteiger partial charge in [0.25, 0.3) is 0 Å². The SMILES string of the molecule is CC(NC(=O)NC(Cc1ccccc1)(c1cc(F)cc(OC(F)(F)C(F)F)c1)c1ccc(Cl)cn1)C(F)(F)C(=O)O. The molecule has 2 atom stereocenters. The Morgan fingerprint density at radius 3 is 2.27 bits per heavy atom. The van der Waals surface area contributed by atoms with Crippen molar-refractivity contribution in [3.05, 3.63) is 94.5 Å². The Labute approximate surface area is 233 Å². The maximum Gasteiger partial charge on any atom is 0.461 e. The molecule has 3 rings (SSSR count). The molecule has 0 bridgehead atoms.